The fourth-order valence-electron chi connectivity index (χ4n) is 2.12. The maximum atomic E-state index is 12.2. The number of hydrogen-bond donors (Lipinski definition) is 2. The van der Waals surface area contributed by atoms with Crippen molar-refractivity contribution in [2.45, 2.75) is 44.7 Å². The molecule has 0 fully saturated rings. The molecule has 1 unspecified atom stereocenters. The lowest BCUT2D eigenvalue weighted by Gasteiger charge is -2.28. The number of nitrogens with one attached hydrogen (secondary N) is 1. The molecule has 2 rings (SSSR count). The van der Waals surface area contributed by atoms with Gasteiger partial charge in [-0.1, -0.05) is 0 Å². The standard InChI is InChI=1S/C12H19N3O2/c1-12(2,8-16)14-11(17)9-4-3-6-15-7-5-13-10(9)15/h5,7,9,16H,3-4,6,8H2,1-2H3,(H,14,17). The van der Waals surface area contributed by atoms with Gasteiger partial charge in [0.15, 0.2) is 0 Å². The van der Waals surface area contributed by atoms with Gasteiger partial charge in [0.1, 0.15) is 5.82 Å². The highest BCUT2D eigenvalue weighted by Gasteiger charge is 2.31. The number of amides is 1. The second kappa shape index (κ2) is 4.49. The number of aliphatic hydroxyl groups is 1. The Kier molecular flexibility index (Phi) is 3.19. The van der Waals surface area contributed by atoms with E-state index in [4.69, 9.17) is 5.11 Å². The molecule has 0 radical (unpaired) electrons. The van der Waals surface area contributed by atoms with Gasteiger partial charge in [0.2, 0.25) is 5.91 Å². The molecule has 2 N–H and O–H groups in total. The Morgan fingerprint density at radius 2 is 2.47 bits per heavy atom. The third-order valence-electron chi connectivity index (χ3n) is 3.12. The maximum Gasteiger partial charge on any atom is 0.231 e. The van der Waals surface area contributed by atoms with Crippen molar-refractivity contribution in [3.8, 4) is 0 Å². The Morgan fingerprint density at radius 1 is 1.71 bits per heavy atom. The summed E-state index contributed by atoms with van der Waals surface area (Å²) in [6, 6.07) is 0. The molecular formula is C12H19N3O2. The number of nitrogens with zero attached hydrogens (tertiary/aromatic N) is 2. The molecule has 1 amide bonds. The Morgan fingerprint density at radius 3 is 3.18 bits per heavy atom. The second-order valence-corrected chi connectivity index (χ2v) is 5.20. The van der Waals surface area contributed by atoms with E-state index < -0.39 is 5.54 Å². The van der Waals surface area contributed by atoms with Crippen molar-refractivity contribution in [3.63, 3.8) is 0 Å². The summed E-state index contributed by atoms with van der Waals surface area (Å²) < 4.78 is 2.03. The number of carbonyl (C=O) groups is 1. The van der Waals surface area contributed by atoms with Crippen molar-refractivity contribution in [2.24, 2.45) is 0 Å². The number of hydrogen-bond acceptors (Lipinski definition) is 3. The second-order valence-electron chi connectivity index (χ2n) is 5.20. The van der Waals surface area contributed by atoms with Gasteiger partial charge in [-0.05, 0) is 26.7 Å². The molecule has 94 valence electrons. The van der Waals surface area contributed by atoms with Gasteiger partial charge in [-0.25, -0.2) is 4.98 Å². The number of fused-ring (bicyclic) bond motifs is 1. The predicted octanol–water partition coefficient (Wildman–Crippen LogP) is 0.648. The summed E-state index contributed by atoms with van der Waals surface area (Å²) in [5, 5.41) is 12.0. The molecule has 0 aromatic carbocycles. The molecule has 5 heteroatoms. The molecule has 1 aliphatic rings. The molecule has 0 saturated heterocycles. The summed E-state index contributed by atoms with van der Waals surface area (Å²) in [4.78, 5) is 16.4. The van der Waals surface area contributed by atoms with Gasteiger partial charge in [-0.3, -0.25) is 4.79 Å². The average Bonchev–Trinajstić information content (AvgIpc) is 2.76. The van der Waals surface area contributed by atoms with Crippen molar-refractivity contribution in [1.82, 2.24) is 14.9 Å². The van der Waals surface area contributed by atoms with Crippen LogP contribution in [0.1, 0.15) is 38.4 Å². The van der Waals surface area contributed by atoms with E-state index in [1.807, 2.05) is 10.8 Å². The van der Waals surface area contributed by atoms with Crippen LogP contribution in [-0.4, -0.2) is 32.7 Å². The zero-order chi connectivity index (χ0) is 12.5. The highest BCUT2D eigenvalue weighted by atomic mass is 16.3. The van der Waals surface area contributed by atoms with E-state index in [1.54, 1.807) is 20.0 Å². The molecule has 1 aromatic rings. The van der Waals surface area contributed by atoms with Crippen molar-refractivity contribution >= 4 is 5.91 Å². The first kappa shape index (κ1) is 12.1. The van der Waals surface area contributed by atoms with E-state index in [-0.39, 0.29) is 18.4 Å². The summed E-state index contributed by atoms with van der Waals surface area (Å²) in [5.74, 6) is 0.600. The highest BCUT2D eigenvalue weighted by molar-refractivity contribution is 5.83. The van der Waals surface area contributed by atoms with Gasteiger partial charge in [0.25, 0.3) is 0 Å². The molecule has 0 bridgehead atoms. The van der Waals surface area contributed by atoms with Crippen LogP contribution in [0.3, 0.4) is 0 Å². The van der Waals surface area contributed by atoms with Crippen molar-refractivity contribution in [1.29, 1.82) is 0 Å². The van der Waals surface area contributed by atoms with Gasteiger partial charge in [0.05, 0.1) is 18.1 Å². The van der Waals surface area contributed by atoms with Gasteiger partial charge < -0.3 is 15.0 Å². The first-order chi connectivity index (χ1) is 8.03. The first-order valence-corrected chi connectivity index (χ1v) is 5.97. The Hall–Kier alpha value is -1.36. The molecule has 17 heavy (non-hydrogen) atoms. The molecular weight excluding hydrogens is 218 g/mol. The fourth-order valence-corrected chi connectivity index (χ4v) is 2.12. The van der Waals surface area contributed by atoms with Crippen LogP contribution >= 0.6 is 0 Å². The highest BCUT2D eigenvalue weighted by Crippen LogP contribution is 2.26. The Balaban J connectivity index is 2.12. The van der Waals surface area contributed by atoms with Crippen LogP contribution in [0.5, 0.6) is 0 Å². The minimum absolute atomic E-state index is 0.0452. The predicted molar refractivity (Wildman–Crippen MR) is 63.5 cm³/mol. The third kappa shape index (κ3) is 2.49. The topological polar surface area (TPSA) is 67.2 Å². The van der Waals surface area contributed by atoms with Gasteiger partial charge >= 0.3 is 0 Å². The molecule has 1 atom stereocenters. The van der Waals surface area contributed by atoms with E-state index in [1.165, 1.54) is 0 Å². The summed E-state index contributed by atoms with van der Waals surface area (Å²) in [5.41, 5.74) is -0.577. The monoisotopic (exact) mass is 237 g/mol. The molecule has 2 heterocycles. The van der Waals surface area contributed by atoms with E-state index in [9.17, 15) is 4.79 Å². The van der Waals surface area contributed by atoms with Gasteiger partial charge in [-0.2, -0.15) is 0 Å². The first-order valence-electron chi connectivity index (χ1n) is 5.97. The van der Waals surface area contributed by atoms with E-state index in [0.29, 0.717) is 0 Å². The lowest BCUT2D eigenvalue weighted by atomic mass is 9.96. The number of imidazole rings is 1. The fraction of sp³-hybridized carbons (Fsp3) is 0.667. The molecule has 0 saturated carbocycles. The van der Waals surface area contributed by atoms with Crippen LogP contribution in [0.15, 0.2) is 12.4 Å². The largest absolute Gasteiger partial charge is 0.394 e. The average molecular weight is 237 g/mol. The number of aryl methyl sites for hydroxylation is 1. The maximum absolute atomic E-state index is 12.2. The summed E-state index contributed by atoms with van der Waals surface area (Å²) in [6.07, 6.45) is 5.45. The SMILES string of the molecule is CC(C)(CO)NC(=O)C1CCCn2ccnc21. The number of aromatic nitrogens is 2. The van der Waals surface area contributed by atoms with Crippen LogP contribution < -0.4 is 5.32 Å². The normalized spacial score (nSPS) is 19.8. The lowest BCUT2D eigenvalue weighted by Crippen LogP contribution is -2.48. The third-order valence-corrected chi connectivity index (χ3v) is 3.12. The Labute approximate surface area is 101 Å². The zero-order valence-electron chi connectivity index (χ0n) is 10.3. The van der Waals surface area contributed by atoms with Crippen LogP contribution in [-0.2, 0) is 11.3 Å². The van der Waals surface area contributed by atoms with Crippen LogP contribution in [0.4, 0.5) is 0 Å². The smallest absolute Gasteiger partial charge is 0.231 e. The molecule has 0 spiro atoms. The van der Waals surface area contributed by atoms with Crippen molar-refractivity contribution < 1.29 is 9.90 Å². The van der Waals surface area contributed by atoms with Crippen LogP contribution in [0.25, 0.3) is 0 Å². The van der Waals surface area contributed by atoms with Crippen molar-refractivity contribution in [3.05, 3.63) is 18.2 Å². The zero-order valence-corrected chi connectivity index (χ0v) is 10.3. The van der Waals surface area contributed by atoms with Crippen LogP contribution in [0, 0.1) is 0 Å². The number of carbonyl (C=O) groups excluding carboxylic acids is 1. The summed E-state index contributed by atoms with van der Waals surface area (Å²) >= 11 is 0. The number of rotatable bonds is 3. The van der Waals surface area contributed by atoms with Crippen LogP contribution in [0.2, 0.25) is 0 Å². The molecule has 5 nitrogen and oxygen atoms in total. The molecule has 1 aliphatic heterocycles. The van der Waals surface area contributed by atoms with Gasteiger partial charge in [0, 0.05) is 18.9 Å². The lowest BCUT2D eigenvalue weighted by molar-refractivity contribution is -0.125. The number of aliphatic hydroxyl groups excluding tert-OH is 1. The summed E-state index contributed by atoms with van der Waals surface area (Å²) in [6.45, 7) is 4.48. The molecule has 1 aromatic heterocycles. The van der Waals surface area contributed by atoms with E-state index >= 15 is 0 Å². The van der Waals surface area contributed by atoms with E-state index in [0.717, 1.165) is 25.2 Å². The van der Waals surface area contributed by atoms with Gasteiger partial charge in [-0.15, -0.1) is 0 Å². The van der Waals surface area contributed by atoms with E-state index in [2.05, 4.69) is 10.3 Å². The molecule has 0 aliphatic carbocycles. The minimum atomic E-state index is -0.577. The van der Waals surface area contributed by atoms with Crippen molar-refractivity contribution in [2.75, 3.05) is 6.61 Å². The Bertz CT molecular complexity index is 412. The quantitative estimate of drug-likeness (QED) is 0.811. The summed E-state index contributed by atoms with van der Waals surface area (Å²) in [7, 11) is 0. The minimum Gasteiger partial charge on any atom is -0.394 e.